The van der Waals surface area contributed by atoms with Gasteiger partial charge in [-0.2, -0.15) is 4.98 Å². The normalized spacial score (nSPS) is 10.6. The van der Waals surface area contributed by atoms with Crippen molar-refractivity contribution in [3.63, 3.8) is 0 Å². The van der Waals surface area contributed by atoms with E-state index < -0.39 is 16.5 Å². The van der Waals surface area contributed by atoms with Gasteiger partial charge >= 0.3 is 5.69 Å². The van der Waals surface area contributed by atoms with Crippen LogP contribution in [0.3, 0.4) is 0 Å². The average Bonchev–Trinajstić information content (AvgIpc) is 2.65. The molecule has 3 rings (SSSR count). The lowest BCUT2D eigenvalue weighted by atomic mass is 10.0. The maximum Gasteiger partial charge on any atom is 0.374 e. The van der Waals surface area contributed by atoms with Gasteiger partial charge in [-0.05, 0) is 30.7 Å². The Morgan fingerprint density at radius 3 is 2.63 bits per heavy atom. The molecule has 0 saturated carbocycles. The van der Waals surface area contributed by atoms with Crippen LogP contribution in [0, 0.1) is 10.1 Å². The number of nitro groups is 1. The third kappa shape index (κ3) is 3.92. The number of hydrogen-bond acceptors (Lipinski definition) is 7. The quantitative estimate of drug-likeness (QED) is 0.507. The number of rotatable bonds is 6. The van der Waals surface area contributed by atoms with Crippen molar-refractivity contribution in [3.05, 3.63) is 64.5 Å². The van der Waals surface area contributed by atoms with Crippen LogP contribution in [-0.4, -0.2) is 26.9 Å². The van der Waals surface area contributed by atoms with Crippen molar-refractivity contribution in [3.8, 4) is 5.88 Å². The van der Waals surface area contributed by atoms with E-state index in [1.54, 1.807) is 26.0 Å². The second kappa shape index (κ2) is 7.65. The van der Waals surface area contributed by atoms with E-state index >= 15 is 0 Å². The highest BCUT2D eigenvalue weighted by atomic mass is 16.6. The van der Waals surface area contributed by atoms with Crippen molar-refractivity contribution in [1.82, 2.24) is 15.4 Å². The van der Waals surface area contributed by atoms with Gasteiger partial charge in [0.05, 0.1) is 11.0 Å². The molecule has 0 radical (unpaired) electrons. The summed E-state index contributed by atoms with van der Waals surface area (Å²) in [6, 6.07) is 12.8. The van der Waals surface area contributed by atoms with E-state index in [1.165, 1.54) is 0 Å². The van der Waals surface area contributed by atoms with Crippen molar-refractivity contribution < 1.29 is 14.5 Å². The molecular weight excluding hydrogens is 350 g/mol. The fraction of sp³-hybridized carbons (Fsp3) is 0.167. The fourth-order valence-electron chi connectivity index (χ4n) is 2.53. The molecule has 3 aromatic rings. The van der Waals surface area contributed by atoms with E-state index in [4.69, 9.17) is 4.74 Å². The van der Waals surface area contributed by atoms with E-state index in [-0.39, 0.29) is 17.8 Å². The Morgan fingerprint density at radius 2 is 1.89 bits per heavy atom. The molecule has 0 saturated heterocycles. The van der Waals surface area contributed by atoms with Gasteiger partial charge in [-0.25, -0.2) is 4.98 Å². The molecule has 1 aromatic heterocycles. The summed E-state index contributed by atoms with van der Waals surface area (Å²) in [6.45, 7) is 3.45. The molecule has 0 aliphatic rings. The Kier molecular flexibility index (Phi) is 5.11. The minimum Gasteiger partial charge on any atom is -0.470 e. The average molecular weight is 367 g/mol. The number of nitrogens with one attached hydrogen (secondary N) is 2. The van der Waals surface area contributed by atoms with Crippen LogP contribution in [0.25, 0.3) is 10.8 Å². The van der Waals surface area contributed by atoms with Crippen molar-refractivity contribution in [2.24, 2.45) is 0 Å². The highest BCUT2D eigenvalue weighted by Gasteiger charge is 2.25. The fourth-order valence-corrected chi connectivity index (χ4v) is 2.53. The molecule has 27 heavy (non-hydrogen) atoms. The number of carbonyl (C=O) groups excluding carboxylic acids is 1. The molecule has 9 nitrogen and oxygen atoms in total. The Balaban J connectivity index is 1.86. The first-order valence-corrected chi connectivity index (χ1v) is 8.17. The summed E-state index contributed by atoms with van der Waals surface area (Å²) in [7, 11) is 0. The summed E-state index contributed by atoms with van der Waals surface area (Å²) < 4.78 is 5.35. The number of carbonyl (C=O) groups is 1. The first-order chi connectivity index (χ1) is 13.0. The van der Waals surface area contributed by atoms with Gasteiger partial charge < -0.3 is 4.74 Å². The molecule has 138 valence electrons. The summed E-state index contributed by atoms with van der Waals surface area (Å²) in [6.07, 6.45) is 0.814. The molecule has 2 aromatic carbocycles. The molecule has 0 spiro atoms. The van der Waals surface area contributed by atoms with Crippen LogP contribution in [0.4, 0.5) is 11.5 Å². The van der Waals surface area contributed by atoms with Crippen molar-refractivity contribution in [2.45, 2.75) is 20.0 Å². The largest absolute Gasteiger partial charge is 0.470 e. The molecule has 1 heterocycles. The SMILES string of the molecule is CC(C)Oc1ncnc(NNC(=O)c2cccc3ccccc23)c1[N+](=O)[O-]. The molecular formula is C18H17N5O4. The lowest BCUT2D eigenvalue weighted by molar-refractivity contribution is -0.385. The second-order valence-corrected chi connectivity index (χ2v) is 5.91. The zero-order valence-electron chi connectivity index (χ0n) is 14.7. The van der Waals surface area contributed by atoms with Gasteiger partial charge in [0, 0.05) is 5.56 Å². The number of fused-ring (bicyclic) bond motifs is 1. The zero-order chi connectivity index (χ0) is 19.4. The van der Waals surface area contributed by atoms with Crippen LogP contribution in [-0.2, 0) is 0 Å². The van der Waals surface area contributed by atoms with Crippen molar-refractivity contribution in [2.75, 3.05) is 5.43 Å². The van der Waals surface area contributed by atoms with E-state index in [2.05, 4.69) is 20.8 Å². The van der Waals surface area contributed by atoms with Crippen LogP contribution in [0.2, 0.25) is 0 Å². The van der Waals surface area contributed by atoms with Gasteiger partial charge in [0.2, 0.25) is 5.82 Å². The van der Waals surface area contributed by atoms with Crippen LogP contribution >= 0.6 is 0 Å². The first-order valence-electron chi connectivity index (χ1n) is 8.17. The minimum atomic E-state index is -0.663. The molecule has 0 unspecified atom stereocenters. The lowest BCUT2D eigenvalue weighted by Crippen LogP contribution is -2.30. The van der Waals surface area contributed by atoms with Gasteiger partial charge in [-0.15, -0.1) is 0 Å². The molecule has 1 amide bonds. The van der Waals surface area contributed by atoms with Gasteiger partial charge in [0.15, 0.2) is 0 Å². The monoisotopic (exact) mass is 367 g/mol. The van der Waals surface area contributed by atoms with Crippen LogP contribution < -0.4 is 15.6 Å². The number of amides is 1. The van der Waals surface area contributed by atoms with Gasteiger partial charge in [0.25, 0.3) is 11.8 Å². The highest BCUT2D eigenvalue weighted by Crippen LogP contribution is 2.31. The Morgan fingerprint density at radius 1 is 1.15 bits per heavy atom. The van der Waals surface area contributed by atoms with Crippen molar-refractivity contribution in [1.29, 1.82) is 0 Å². The van der Waals surface area contributed by atoms with Crippen LogP contribution in [0.1, 0.15) is 24.2 Å². The standard InChI is InChI=1S/C18H17N5O4/c1-11(2)27-18-15(23(25)26)16(19-10-20-18)21-22-17(24)14-9-5-7-12-6-3-4-8-13(12)14/h3-11H,1-2H3,(H,22,24)(H,19,20,21). The maximum absolute atomic E-state index is 12.6. The number of hydrazine groups is 1. The number of nitrogens with zero attached hydrogens (tertiary/aromatic N) is 3. The predicted molar refractivity (Wildman–Crippen MR) is 99.5 cm³/mol. The number of anilines is 1. The summed E-state index contributed by atoms with van der Waals surface area (Å²) in [5.41, 5.74) is 4.92. The molecule has 0 atom stereocenters. The van der Waals surface area contributed by atoms with E-state index in [0.717, 1.165) is 17.1 Å². The smallest absolute Gasteiger partial charge is 0.374 e. The third-order valence-corrected chi connectivity index (χ3v) is 3.65. The molecule has 0 fully saturated rings. The van der Waals surface area contributed by atoms with E-state index in [0.29, 0.717) is 5.56 Å². The second-order valence-electron chi connectivity index (χ2n) is 5.91. The molecule has 2 N–H and O–H groups in total. The van der Waals surface area contributed by atoms with Gasteiger partial charge in [0.1, 0.15) is 6.33 Å². The highest BCUT2D eigenvalue weighted by molar-refractivity contribution is 6.07. The summed E-state index contributed by atoms with van der Waals surface area (Å²) in [5, 5.41) is 13.1. The maximum atomic E-state index is 12.6. The van der Waals surface area contributed by atoms with E-state index in [1.807, 2.05) is 30.3 Å². The van der Waals surface area contributed by atoms with Gasteiger partial charge in [-0.3, -0.25) is 25.8 Å². The lowest BCUT2D eigenvalue weighted by Gasteiger charge is -2.12. The van der Waals surface area contributed by atoms with Gasteiger partial charge in [-0.1, -0.05) is 36.4 Å². The number of benzene rings is 2. The molecule has 0 aliphatic heterocycles. The summed E-state index contributed by atoms with van der Waals surface area (Å²) in [4.78, 5) is 30.9. The molecule has 9 heteroatoms. The van der Waals surface area contributed by atoms with Crippen LogP contribution in [0.15, 0.2) is 48.8 Å². The number of aromatic nitrogens is 2. The number of ether oxygens (including phenoxy) is 1. The van der Waals surface area contributed by atoms with Crippen molar-refractivity contribution >= 4 is 28.2 Å². The topological polar surface area (TPSA) is 119 Å². The Bertz CT molecular complexity index is 1000. The van der Waals surface area contributed by atoms with Crippen LogP contribution in [0.5, 0.6) is 5.88 Å². The number of hydrogen-bond donors (Lipinski definition) is 2. The Hall–Kier alpha value is -3.75. The Labute approximate surface area is 154 Å². The van der Waals surface area contributed by atoms with E-state index in [9.17, 15) is 14.9 Å². The zero-order valence-corrected chi connectivity index (χ0v) is 14.7. The molecule has 0 bridgehead atoms. The predicted octanol–water partition coefficient (Wildman–Crippen LogP) is 3.08. The first kappa shape index (κ1) is 18.1. The summed E-state index contributed by atoms with van der Waals surface area (Å²) >= 11 is 0. The molecule has 0 aliphatic carbocycles. The minimum absolute atomic E-state index is 0.167. The third-order valence-electron chi connectivity index (χ3n) is 3.65. The summed E-state index contributed by atoms with van der Waals surface area (Å²) in [5.74, 6) is -0.794.